The van der Waals surface area contributed by atoms with Crippen molar-refractivity contribution < 1.29 is 9.59 Å². The summed E-state index contributed by atoms with van der Waals surface area (Å²) in [5.41, 5.74) is 5.55. The number of fused-ring (bicyclic) bond motifs is 1. The lowest BCUT2D eigenvalue weighted by Crippen LogP contribution is -2.35. The number of rotatable bonds is 5. The fourth-order valence-electron chi connectivity index (χ4n) is 3.58. The van der Waals surface area contributed by atoms with Gasteiger partial charge in [-0.1, -0.05) is 30.3 Å². The molecule has 4 aromatic rings. The van der Waals surface area contributed by atoms with E-state index in [1.165, 1.54) is 4.90 Å². The molecule has 6 heteroatoms. The van der Waals surface area contributed by atoms with Crippen molar-refractivity contribution in [1.29, 1.82) is 0 Å². The lowest BCUT2D eigenvalue weighted by Gasteiger charge is -2.19. The number of carbonyl (C=O) groups is 2. The van der Waals surface area contributed by atoms with Crippen molar-refractivity contribution in [3.8, 4) is 11.3 Å². The first-order chi connectivity index (χ1) is 15.4. The smallest absolute Gasteiger partial charge is 0.254 e. The number of anilines is 1. The molecule has 0 unspecified atom stereocenters. The molecule has 0 bridgehead atoms. The summed E-state index contributed by atoms with van der Waals surface area (Å²) in [6.45, 7) is 3.89. The van der Waals surface area contributed by atoms with Crippen molar-refractivity contribution in [2.45, 2.75) is 13.8 Å². The molecule has 0 aliphatic carbocycles. The Balaban J connectivity index is 1.61. The van der Waals surface area contributed by atoms with E-state index >= 15 is 0 Å². The molecule has 160 valence electrons. The Morgan fingerprint density at radius 3 is 2.59 bits per heavy atom. The van der Waals surface area contributed by atoms with Gasteiger partial charge in [0.2, 0.25) is 5.91 Å². The van der Waals surface area contributed by atoms with E-state index in [0.717, 1.165) is 27.8 Å². The summed E-state index contributed by atoms with van der Waals surface area (Å²) in [7, 11) is 1.63. The Labute approximate surface area is 186 Å². The summed E-state index contributed by atoms with van der Waals surface area (Å²) in [6.07, 6.45) is 3.41. The van der Waals surface area contributed by atoms with Gasteiger partial charge >= 0.3 is 0 Å². The third-order valence-electron chi connectivity index (χ3n) is 5.51. The molecule has 0 spiro atoms. The van der Waals surface area contributed by atoms with Gasteiger partial charge in [-0.15, -0.1) is 0 Å². The number of benzene rings is 2. The van der Waals surface area contributed by atoms with E-state index in [-0.39, 0.29) is 18.4 Å². The zero-order valence-electron chi connectivity index (χ0n) is 18.3. The number of hydrogen-bond donors (Lipinski definition) is 1. The second kappa shape index (κ2) is 8.98. The molecule has 0 fully saturated rings. The van der Waals surface area contributed by atoms with Crippen molar-refractivity contribution in [1.82, 2.24) is 14.9 Å². The molecule has 0 aliphatic rings. The molecule has 0 saturated carbocycles. The molecule has 0 atom stereocenters. The van der Waals surface area contributed by atoms with Crippen LogP contribution in [0.25, 0.3) is 22.2 Å². The van der Waals surface area contributed by atoms with E-state index in [1.807, 2.05) is 68.4 Å². The molecule has 4 rings (SSSR count). The maximum absolute atomic E-state index is 13.4. The van der Waals surface area contributed by atoms with Crippen LogP contribution in [0.15, 0.2) is 73.1 Å². The fraction of sp³-hybridized carbons (Fsp3) is 0.154. The number of aromatic nitrogens is 2. The zero-order valence-corrected chi connectivity index (χ0v) is 18.3. The van der Waals surface area contributed by atoms with Crippen molar-refractivity contribution in [3.63, 3.8) is 0 Å². The van der Waals surface area contributed by atoms with E-state index in [2.05, 4.69) is 10.3 Å². The van der Waals surface area contributed by atoms with Crippen LogP contribution >= 0.6 is 0 Å². The first kappa shape index (κ1) is 21.2. The molecule has 1 N–H and O–H groups in total. The number of likely N-dealkylation sites (N-methyl/N-ethyl adjacent to an activating group) is 1. The minimum atomic E-state index is -0.250. The number of hydrogen-bond acceptors (Lipinski definition) is 4. The van der Waals surface area contributed by atoms with Gasteiger partial charge in [0, 0.05) is 36.1 Å². The average Bonchev–Trinajstić information content (AvgIpc) is 2.81. The third-order valence-corrected chi connectivity index (χ3v) is 5.51. The number of nitrogens with zero attached hydrogens (tertiary/aromatic N) is 3. The van der Waals surface area contributed by atoms with Crippen LogP contribution in [0, 0.1) is 13.8 Å². The van der Waals surface area contributed by atoms with Crippen molar-refractivity contribution >= 4 is 28.4 Å². The number of carbonyl (C=O) groups excluding carboxylic acids is 2. The van der Waals surface area contributed by atoms with Gasteiger partial charge in [-0.25, -0.2) is 4.98 Å². The highest BCUT2D eigenvalue weighted by Gasteiger charge is 2.20. The Morgan fingerprint density at radius 1 is 1.00 bits per heavy atom. The highest BCUT2D eigenvalue weighted by atomic mass is 16.2. The third kappa shape index (κ3) is 4.34. The molecule has 2 aromatic heterocycles. The van der Waals surface area contributed by atoms with Crippen molar-refractivity contribution in [2.75, 3.05) is 18.9 Å². The van der Waals surface area contributed by atoms with E-state index in [0.29, 0.717) is 16.8 Å². The molecule has 2 heterocycles. The van der Waals surface area contributed by atoms with Gasteiger partial charge in [0.15, 0.2) is 0 Å². The number of aryl methyl sites for hydroxylation is 1. The van der Waals surface area contributed by atoms with Gasteiger partial charge in [0.25, 0.3) is 5.91 Å². The van der Waals surface area contributed by atoms with Crippen LogP contribution in [0.5, 0.6) is 0 Å². The number of pyridine rings is 2. The lowest BCUT2D eigenvalue weighted by atomic mass is 10.0. The first-order valence-corrected chi connectivity index (χ1v) is 10.4. The molecule has 0 aliphatic heterocycles. The first-order valence-electron chi connectivity index (χ1n) is 10.4. The predicted octanol–water partition coefficient (Wildman–Crippen LogP) is 4.62. The van der Waals surface area contributed by atoms with Crippen LogP contribution < -0.4 is 5.32 Å². The highest BCUT2D eigenvalue weighted by Crippen LogP contribution is 2.25. The molecule has 2 aromatic carbocycles. The Morgan fingerprint density at radius 2 is 1.81 bits per heavy atom. The Bertz CT molecular complexity index is 1300. The number of amides is 2. The number of nitrogens with one attached hydrogen (secondary N) is 1. The summed E-state index contributed by atoms with van der Waals surface area (Å²) in [4.78, 5) is 36.3. The predicted molar refractivity (Wildman–Crippen MR) is 126 cm³/mol. The van der Waals surface area contributed by atoms with Crippen LogP contribution in [-0.4, -0.2) is 40.3 Å². The van der Waals surface area contributed by atoms with Crippen LogP contribution in [0.1, 0.15) is 21.5 Å². The standard InChI is InChI=1S/C26H24N4O2/c1-17-8-6-12-22(18(17)2)29-25(31)16-30(3)26(32)21-14-24(19-9-7-13-27-15-19)28-23-11-5-4-10-20(21)23/h4-15H,16H2,1-3H3,(H,29,31). The summed E-state index contributed by atoms with van der Waals surface area (Å²) < 4.78 is 0. The topological polar surface area (TPSA) is 75.2 Å². The summed E-state index contributed by atoms with van der Waals surface area (Å²) >= 11 is 0. The summed E-state index contributed by atoms with van der Waals surface area (Å²) in [5, 5.41) is 3.65. The molecular weight excluding hydrogens is 400 g/mol. The Hall–Kier alpha value is -4.06. The van der Waals surface area contributed by atoms with Gasteiger partial charge in [0.05, 0.1) is 23.3 Å². The normalized spacial score (nSPS) is 10.7. The van der Waals surface area contributed by atoms with Crippen molar-refractivity contribution in [3.05, 3.63) is 89.7 Å². The molecule has 32 heavy (non-hydrogen) atoms. The quantitative estimate of drug-likeness (QED) is 0.507. The van der Waals surface area contributed by atoms with E-state index in [4.69, 9.17) is 4.98 Å². The van der Waals surface area contributed by atoms with E-state index in [1.54, 1.807) is 25.5 Å². The zero-order chi connectivity index (χ0) is 22.7. The highest BCUT2D eigenvalue weighted by molar-refractivity contribution is 6.08. The molecule has 6 nitrogen and oxygen atoms in total. The van der Waals surface area contributed by atoms with Gasteiger partial charge in [-0.05, 0) is 55.3 Å². The monoisotopic (exact) mass is 424 g/mol. The number of para-hydroxylation sites is 1. The average molecular weight is 425 g/mol. The van der Waals surface area contributed by atoms with Crippen LogP contribution in [0.2, 0.25) is 0 Å². The van der Waals surface area contributed by atoms with Crippen LogP contribution in [0.3, 0.4) is 0 Å². The minimum absolute atomic E-state index is 0.0644. The maximum Gasteiger partial charge on any atom is 0.254 e. The van der Waals surface area contributed by atoms with Crippen LogP contribution in [-0.2, 0) is 4.79 Å². The maximum atomic E-state index is 13.4. The second-order valence-electron chi connectivity index (χ2n) is 7.77. The van der Waals surface area contributed by atoms with E-state index < -0.39 is 0 Å². The molecule has 2 amide bonds. The second-order valence-corrected chi connectivity index (χ2v) is 7.77. The largest absolute Gasteiger partial charge is 0.332 e. The lowest BCUT2D eigenvalue weighted by molar-refractivity contribution is -0.116. The minimum Gasteiger partial charge on any atom is -0.332 e. The SMILES string of the molecule is Cc1cccc(NC(=O)CN(C)C(=O)c2cc(-c3cccnc3)nc3ccccc23)c1C. The fourth-order valence-corrected chi connectivity index (χ4v) is 3.58. The molecular formula is C26H24N4O2. The van der Waals surface area contributed by atoms with Gasteiger partial charge in [-0.2, -0.15) is 0 Å². The molecule has 0 radical (unpaired) electrons. The Kier molecular flexibility index (Phi) is 5.94. The van der Waals surface area contributed by atoms with Crippen molar-refractivity contribution in [2.24, 2.45) is 0 Å². The van der Waals surface area contributed by atoms with Gasteiger partial charge in [-0.3, -0.25) is 14.6 Å². The van der Waals surface area contributed by atoms with Gasteiger partial charge in [0.1, 0.15) is 0 Å². The summed E-state index contributed by atoms with van der Waals surface area (Å²) in [6, 6.07) is 18.8. The van der Waals surface area contributed by atoms with Gasteiger partial charge < -0.3 is 10.2 Å². The summed E-state index contributed by atoms with van der Waals surface area (Å²) in [5.74, 6) is -0.495. The molecule has 0 saturated heterocycles. The van der Waals surface area contributed by atoms with E-state index in [9.17, 15) is 9.59 Å². The van der Waals surface area contributed by atoms with Crippen LogP contribution in [0.4, 0.5) is 5.69 Å².